The number of ether oxygens (including phenoxy) is 1. The summed E-state index contributed by atoms with van der Waals surface area (Å²) in [6.07, 6.45) is 6.08. The van der Waals surface area contributed by atoms with Gasteiger partial charge in [0, 0.05) is 37.1 Å². The molecule has 1 aliphatic rings. The first-order valence-corrected chi connectivity index (χ1v) is 10.2. The van der Waals surface area contributed by atoms with Crippen LogP contribution in [0.25, 0.3) is 11.1 Å². The molecule has 0 spiro atoms. The number of nitrogens with one attached hydrogen (secondary N) is 1. The van der Waals surface area contributed by atoms with Crippen LogP contribution >= 0.6 is 0 Å². The highest BCUT2D eigenvalue weighted by Crippen LogP contribution is 2.37. The van der Waals surface area contributed by atoms with Gasteiger partial charge < -0.3 is 20.1 Å². The third kappa shape index (κ3) is 4.69. The molecule has 5 heteroatoms. The molecule has 150 valence electrons. The van der Waals surface area contributed by atoms with E-state index in [-0.39, 0.29) is 5.75 Å². The number of rotatable bonds is 7. The molecule has 1 fully saturated rings. The zero-order valence-corrected chi connectivity index (χ0v) is 16.7. The highest BCUT2D eigenvalue weighted by Gasteiger charge is 2.20. The predicted molar refractivity (Wildman–Crippen MR) is 117 cm³/mol. The number of aromatic hydroxyl groups is 1. The monoisotopic (exact) mass is 389 g/mol. The van der Waals surface area contributed by atoms with E-state index in [4.69, 9.17) is 4.74 Å². The molecule has 2 heterocycles. The van der Waals surface area contributed by atoms with E-state index in [1.807, 2.05) is 18.3 Å². The van der Waals surface area contributed by atoms with E-state index in [9.17, 15) is 5.11 Å². The summed E-state index contributed by atoms with van der Waals surface area (Å²) in [5, 5.41) is 13.2. The molecule has 0 saturated carbocycles. The molecular weight excluding hydrogens is 362 g/mol. The second-order valence-corrected chi connectivity index (χ2v) is 7.35. The van der Waals surface area contributed by atoms with Crippen LogP contribution in [0.5, 0.6) is 17.2 Å². The Balaban J connectivity index is 1.69. The Morgan fingerprint density at radius 3 is 2.69 bits per heavy atom. The maximum absolute atomic E-state index is 9.58. The molecule has 2 N–H and O–H groups in total. The lowest BCUT2D eigenvalue weighted by Gasteiger charge is -2.28. The topological polar surface area (TPSA) is 57.6 Å². The average molecular weight is 389 g/mol. The normalized spacial score (nSPS) is 16.0. The third-order valence-corrected chi connectivity index (χ3v) is 5.34. The van der Waals surface area contributed by atoms with Gasteiger partial charge in [-0.2, -0.15) is 0 Å². The molecule has 1 aliphatic heterocycles. The second-order valence-electron chi connectivity index (χ2n) is 7.35. The molecule has 29 heavy (non-hydrogen) atoms. The Morgan fingerprint density at radius 1 is 1.14 bits per heavy atom. The van der Waals surface area contributed by atoms with E-state index in [0.29, 0.717) is 11.8 Å². The van der Waals surface area contributed by atoms with Crippen molar-refractivity contribution in [2.24, 2.45) is 0 Å². The van der Waals surface area contributed by atoms with Gasteiger partial charge in [0.25, 0.3) is 0 Å². The molecule has 4 rings (SSSR count). The highest BCUT2D eigenvalue weighted by molar-refractivity contribution is 5.71. The highest BCUT2D eigenvalue weighted by atomic mass is 16.5. The van der Waals surface area contributed by atoms with Crippen molar-refractivity contribution in [3.05, 3.63) is 67.0 Å². The average Bonchev–Trinajstić information content (AvgIpc) is 3.28. The van der Waals surface area contributed by atoms with Gasteiger partial charge in [0.15, 0.2) is 5.75 Å². The lowest BCUT2D eigenvalue weighted by molar-refractivity contribution is 0.463. The van der Waals surface area contributed by atoms with Crippen molar-refractivity contribution in [2.45, 2.75) is 25.8 Å². The van der Waals surface area contributed by atoms with Gasteiger partial charge in [-0.3, -0.25) is 4.98 Å². The Morgan fingerprint density at radius 2 is 2.00 bits per heavy atom. The van der Waals surface area contributed by atoms with Crippen LogP contribution in [0, 0.1) is 0 Å². The van der Waals surface area contributed by atoms with Gasteiger partial charge in [0.2, 0.25) is 0 Å². The van der Waals surface area contributed by atoms with Crippen LogP contribution < -0.4 is 15.0 Å². The number of aromatic nitrogens is 1. The number of phenolic OH excluding ortho intramolecular Hbond substituents is 1. The Kier molecular flexibility index (Phi) is 5.96. The standard InChI is InChI=1S/C24H27N3O2/c1-2-27(17-20-6-4-14-26-20)23-12-7-18(19-5-3-13-25-16-19)15-24(23)29-22-10-8-21(28)9-11-22/h3,5,7-13,15-16,20,26,28H,2,4,6,14,17H2,1H3/t20-/m0/s1. The largest absolute Gasteiger partial charge is 0.508 e. The van der Waals surface area contributed by atoms with Gasteiger partial charge >= 0.3 is 0 Å². The summed E-state index contributed by atoms with van der Waals surface area (Å²) in [5.41, 5.74) is 3.18. The van der Waals surface area contributed by atoms with Crippen LogP contribution in [0.4, 0.5) is 5.69 Å². The van der Waals surface area contributed by atoms with E-state index in [1.165, 1.54) is 12.8 Å². The molecule has 1 aromatic heterocycles. The Hall–Kier alpha value is -3.05. The van der Waals surface area contributed by atoms with Gasteiger partial charge in [-0.25, -0.2) is 0 Å². The number of pyridine rings is 1. The molecule has 2 aromatic carbocycles. The van der Waals surface area contributed by atoms with Crippen molar-refractivity contribution in [1.82, 2.24) is 10.3 Å². The number of likely N-dealkylation sites (N-methyl/N-ethyl adjacent to an activating group) is 1. The second kappa shape index (κ2) is 8.97. The van der Waals surface area contributed by atoms with Crippen LogP contribution in [-0.4, -0.2) is 35.8 Å². The predicted octanol–water partition coefficient (Wildman–Crippen LogP) is 4.82. The van der Waals surface area contributed by atoms with Gasteiger partial charge in [0.05, 0.1) is 5.69 Å². The summed E-state index contributed by atoms with van der Waals surface area (Å²) < 4.78 is 6.28. The van der Waals surface area contributed by atoms with Crippen molar-refractivity contribution in [1.29, 1.82) is 0 Å². The minimum absolute atomic E-state index is 0.226. The zero-order valence-electron chi connectivity index (χ0n) is 16.7. The zero-order chi connectivity index (χ0) is 20.1. The van der Waals surface area contributed by atoms with Crippen LogP contribution in [0.3, 0.4) is 0 Å². The fourth-order valence-electron chi connectivity index (χ4n) is 3.79. The fourth-order valence-corrected chi connectivity index (χ4v) is 3.79. The first-order valence-electron chi connectivity index (χ1n) is 10.2. The molecule has 1 saturated heterocycles. The molecule has 0 aliphatic carbocycles. The van der Waals surface area contributed by atoms with Gasteiger partial charge in [-0.15, -0.1) is 0 Å². The van der Waals surface area contributed by atoms with Gasteiger partial charge in [-0.05, 0) is 74.3 Å². The summed E-state index contributed by atoms with van der Waals surface area (Å²) >= 11 is 0. The molecular formula is C24H27N3O2. The SMILES string of the molecule is CCN(C[C@@H]1CCCN1)c1ccc(-c2cccnc2)cc1Oc1ccc(O)cc1. The molecule has 0 radical (unpaired) electrons. The van der Waals surface area contributed by atoms with Crippen LogP contribution in [0.1, 0.15) is 19.8 Å². The van der Waals surface area contributed by atoms with Crippen LogP contribution in [-0.2, 0) is 0 Å². The molecule has 3 aromatic rings. The number of benzene rings is 2. The Bertz CT molecular complexity index is 923. The fraction of sp³-hybridized carbons (Fsp3) is 0.292. The number of hydrogen-bond acceptors (Lipinski definition) is 5. The van der Waals surface area contributed by atoms with Crippen molar-refractivity contribution >= 4 is 5.69 Å². The van der Waals surface area contributed by atoms with Crippen LogP contribution in [0.2, 0.25) is 0 Å². The lowest BCUT2D eigenvalue weighted by Crippen LogP contribution is -2.37. The molecule has 0 bridgehead atoms. The van der Waals surface area contributed by atoms with E-state index < -0.39 is 0 Å². The molecule has 5 nitrogen and oxygen atoms in total. The van der Waals surface area contributed by atoms with Gasteiger partial charge in [0.1, 0.15) is 11.5 Å². The van der Waals surface area contributed by atoms with E-state index in [0.717, 1.165) is 42.2 Å². The minimum Gasteiger partial charge on any atom is -0.508 e. The minimum atomic E-state index is 0.226. The number of anilines is 1. The smallest absolute Gasteiger partial charge is 0.151 e. The maximum atomic E-state index is 9.58. The van der Waals surface area contributed by atoms with Crippen LogP contribution in [0.15, 0.2) is 67.0 Å². The van der Waals surface area contributed by atoms with Crippen molar-refractivity contribution in [3.63, 3.8) is 0 Å². The summed E-state index contributed by atoms with van der Waals surface area (Å²) in [6.45, 7) is 5.12. The first-order chi connectivity index (χ1) is 14.2. The summed E-state index contributed by atoms with van der Waals surface area (Å²) in [6, 6.07) is 17.7. The summed E-state index contributed by atoms with van der Waals surface area (Å²) in [7, 11) is 0. The van der Waals surface area contributed by atoms with E-state index in [2.05, 4.69) is 40.3 Å². The van der Waals surface area contributed by atoms with Crippen molar-refractivity contribution in [3.8, 4) is 28.4 Å². The molecule has 0 amide bonds. The first kappa shape index (κ1) is 19.3. The quantitative estimate of drug-likeness (QED) is 0.606. The number of phenols is 1. The maximum Gasteiger partial charge on any atom is 0.151 e. The number of hydrogen-bond donors (Lipinski definition) is 2. The van der Waals surface area contributed by atoms with Gasteiger partial charge in [-0.1, -0.05) is 12.1 Å². The Labute approximate surface area is 172 Å². The van der Waals surface area contributed by atoms with E-state index >= 15 is 0 Å². The summed E-state index contributed by atoms with van der Waals surface area (Å²) in [5.74, 6) is 1.73. The third-order valence-electron chi connectivity index (χ3n) is 5.34. The lowest BCUT2D eigenvalue weighted by atomic mass is 10.1. The molecule has 0 unspecified atom stereocenters. The van der Waals surface area contributed by atoms with Crippen molar-refractivity contribution in [2.75, 3.05) is 24.5 Å². The van der Waals surface area contributed by atoms with Crippen molar-refractivity contribution < 1.29 is 9.84 Å². The molecule has 1 atom stereocenters. The van der Waals surface area contributed by atoms with E-state index in [1.54, 1.807) is 30.5 Å². The summed E-state index contributed by atoms with van der Waals surface area (Å²) in [4.78, 5) is 6.61. The number of nitrogens with zero attached hydrogens (tertiary/aromatic N) is 2.